The van der Waals surface area contributed by atoms with Crippen LogP contribution in [0.4, 0.5) is 22.7 Å². The molecular formula is C17H14Br2N4O4. The van der Waals surface area contributed by atoms with Crippen LogP contribution in [0.25, 0.3) is 0 Å². The topological polar surface area (TPSA) is 92.8 Å². The maximum Gasteiger partial charge on any atom is 0.284 e. The number of hydrogen-bond donors (Lipinski definition) is 0. The first-order chi connectivity index (χ1) is 12.7. The van der Waals surface area contributed by atoms with Gasteiger partial charge in [0.25, 0.3) is 11.4 Å². The molecule has 0 amide bonds. The molecule has 0 N–H and O–H groups in total. The zero-order valence-electron chi connectivity index (χ0n) is 14.5. The molecule has 8 nitrogen and oxygen atoms in total. The SMILES string of the molecule is Cc1cc([N+](=O)[O-])c(Br)c2c1N1Cc3c(Br)c([N+](=O)[O-])cc(C)c3N(C2)C1. The lowest BCUT2D eigenvalue weighted by atomic mass is 9.96. The van der Waals surface area contributed by atoms with Gasteiger partial charge in [-0.1, -0.05) is 0 Å². The predicted molar refractivity (Wildman–Crippen MR) is 108 cm³/mol. The molecule has 2 aliphatic rings. The smallest absolute Gasteiger partial charge is 0.284 e. The lowest BCUT2D eigenvalue weighted by Gasteiger charge is -2.46. The van der Waals surface area contributed by atoms with Crippen molar-refractivity contribution in [1.82, 2.24) is 0 Å². The third kappa shape index (κ3) is 2.61. The average molecular weight is 498 g/mol. The highest BCUT2D eigenvalue weighted by Crippen LogP contribution is 2.48. The summed E-state index contributed by atoms with van der Waals surface area (Å²) in [5.74, 6) is 0. The number of rotatable bonds is 2. The van der Waals surface area contributed by atoms with Crippen LogP contribution in [0.2, 0.25) is 0 Å². The van der Waals surface area contributed by atoms with Crippen molar-refractivity contribution in [2.24, 2.45) is 0 Å². The highest BCUT2D eigenvalue weighted by Gasteiger charge is 2.37. The molecule has 140 valence electrons. The molecule has 0 unspecified atom stereocenters. The lowest BCUT2D eigenvalue weighted by molar-refractivity contribution is -0.385. The van der Waals surface area contributed by atoms with Crippen LogP contribution < -0.4 is 9.80 Å². The summed E-state index contributed by atoms with van der Waals surface area (Å²) in [6.45, 7) is 5.34. The minimum absolute atomic E-state index is 0.0513. The molecule has 0 fully saturated rings. The molecule has 2 heterocycles. The average Bonchev–Trinajstić information content (AvgIpc) is 2.59. The molecule has 0 spiro atoms. The molecule has 0 aliphatic carbocycles. The number of hydrogen-bond acceptors (Lipinski definition) is 6. The van der Waals surface area contributed by atoms with E-state index in [4.69, 9.17) is 0 Å². The Labute approximate surface area is 171 Å². The van der Waals surface area contributed by atoms with E-state index in [-0.39, 0.29) is 21.2 Å². The predicted octanol–water partition coefficient (Wildman–Crippen LogP) is 4.94. The third-order valence-corrected chi connectivity index (χ3v) is 6.84. The quantitative estimate of drug-likeness (QED) is 0.430. The Bertz CT molecular complexity index is 959. The molecule has 0 atom stereocenters. The van der Waals surface area contributed by atoms with Crippen molar-refractivity contribution in [1.29, 1.82) is 0 Å². The van der Waals surface area contributed by atoms with Gasteiger partial charge in [0.15, 0.2) is 0 Å². The van der Waals surface area contributed by atoms with Gasteiger partial charge in [-0.05, 0) is 56.8 Å². The minimum atomic E-state index is -0.383. The van der Waals surface area contributed by atoms with Gasteiger partial charge in [0, 0.05) is 47.7 Å². The molecular weight excluding hydrogens is 484 g/mol. The van der Waals surface area contributed by atoms with Crippen LogP contribution in [-0.2, 0) is 13.1 Å². The Balaban J connectivity index is 1.92. The molecule has 10 heteroatoms. The molecule has 27 heavy (non-hydrogen) atoms. The second-order valence-electron chi connectivity index (χ2n) is 6.76. The number of fused-ring (bicyclic) bond motifs is 6. The van der Waals surface area contributed by atoms with E-state index in [1.165, 1.54) is 0 Å². The molecule has 0 radical (unpaired) electrons. The maximum atomic E-state index is 11.4. The second-order valence-corrected chi connectivity index (χ2v) is 8.35. The summed E-state index contributed by atoms with van der Waals surface area (Å²) >= 11 is 6.84. The molecule has 4 rings (SSSR count). The zero-order chi connectivity index (χ0) is 19.6. The summed E-state index contributed by atoms with van der Waals surface area (Å²) in [5, 5.41) is 22.8. The van der Waals surface area contributed by atoms with Gasteiger partial charge in [-0.15, -0.1) is 0 Å². The maximum absolute atomic E-state index is 11.4. The molecule has 0 saturated carbocycles. The normalized spacial score (nSPS) is 14.7. The first kappa shape index (κ1) is 18.2. The van der Waals surface area contributed by atoms with Gasteiger partial charge in [0.2, 0.25) is 0 Å². The Morgan fingerprint density at radius 3 is 1.56 bits per heavy atom. The monoisotopic (exact) mass is 496 g/mol. The minimum Gasteiger partial charge on any atom is -0.349 e. The largest absolute Gasteiger partial charge is 0.349 e. The van der Waals surface area contributed by atoms with Gasteiger partial charge in [0.05, 0.1) is 16.5 Å². The summed E-state index contributed by atoms with van der Waals surface area (Å²) in [4.78, 5) is 26.2. The van der Waals surface area contributed by atoms with E-state index < -0.39 is 0 Å². The van der Waals surface area contributed by atoms with Crippen LogP contribution >= 0.6 is 31.9 Å². The van der Waals surface area contributed by atoms with Crippen LogP contribution in [0.15, 0.2) is 21.1 Å². The number of anilines is 2. The fourth-order valence-electron chi connectivity index (χ4n) is 4.09. The van der Waals surface area contributed by atoms with Crippen LogP contribution in [0.1, 0.15) is 22.3 Å². The van der Waals surface area contributed by atoms with E-state index in [0.717, 1.165) is 33.6 Å². The van der Waals surface area contributed by atoms with Gasteiger partial charge in [-0.2, -0.15) is 0 Å². The molecule has 0 saturated heterocycles. The number of benzene rings is 2. The summed E-state index contributed by atoms with van der Waals surface area (Å²) in [7, 11) is 0. The van der Waals surface area contributed by atoms with Gasteiger partial charge in [0.1, 0.15) is 8.95 Å². The van der Waals surface area contributed by atoms with Crippen molar-refractivity contribution in [2.45, 2.75) is 26.9 Å². The number of halogens is 2. The molecule has 2 aromatic rings. The molecule has 2 aliphatic heterocycles. The van der Waals surface area contributed by atoms with Crippen molar-refractivity contribution in [3.05, 3.63) is 63.6 Å². The first-order valence-corrected chi connectivity index (χ1v) is 9.72. The third-order valence-electron chi connectivity index (χ3n) is 5.07. The number of aryl methyl sites for hydroxylation is 2. The van der Waals surface area contributed by atoms with Crippen LogP contribution in [0.3, 0.4) is 0 Å². The van der Waals surface area contributed by atoms with Gasteiger partial charge < -0.3 is 9.80 Å². The van der Waals surface area contributed by atoms with Crippen molar-refractivity contribution in [2.75, 3.05) is 16.5 Å². The number of nitro benzene ring substituents is 2. The van der Waals surface area contributed by atoms with Crippen molar-refractivity contribution in [3.8, 4) is 0 Å². The van der Waals surface area contributed by atoms with E-state index in [2.05, 4.69) is 41.7 Å². The molecule has 2 aromatic carbocycles. The fraction of sp³-hybridized carbons (Fsp3) is 0.294. The molecule has 2 bridgehead atoms. The first-order valence-electron chi connectivity index (χ1n) is 8.13. The van der Waals surface area contributed by atoms with E-state index >= 15 is 0 Å². The second kappa shape index (κ2) is 6.16. The van der Waals surface area contributed by atoms with E-state index in [9.17, 15) is 20.2 Å². The van der Waals surface area contributed by atoms with Crippen LogP contribution in [0, 0.1) is 34.1 Å². The Morgan fingerprint density at radius 2 is 1.22 bits per heavy atom. The van der Waals surface area contributed by atoms with Crippen LogP contribution in [0.5, 0.6) is 0 Å². The number of nitro groups is 2. The highest BCUT2D eigenvalue weighted by molar-refractivity contribution is 9.11. The van der Waals surface area contributed by atoms with Crippen molar-refractivity contribution in [3.63, 3.8) is 0 Å². The van der Waals surface area contributed by atoms with Gasteiger partial charge >= 0.3 is 0 Å². The van der Waals surface area contributed by atoms with Crippen LogP contribution in [-0.4, -0.2) is 16.5 Å². The molecule has 0 aromatic heterocycles. The summed E-state index contributed by atoms with van der Waals surface area (Å²) in [5.41, 5.74) is 5.38. The summed E-state index contributed by atoms with van der Waals surface area (Å²) in [6, 6.07) is 3.14. The van der Waals surface area contributed by atoms with Gasteiger partial charge in [-0.25, -0.2) is 0 Å². The Hall–Kier alpha value is -2.20. The van der Waals surface area contributed by atoms with Crippen molar-refractivity contribution >= 4 is 54.6 Å². The fourth-order valence-corrected chi connectivity index (χ4v) is 5.23. The number of nitrogens with zero attached hydrogens (tertiary/aromatic N) is 4. The summed E-state index contributed by atoms with van der Waals surface area (Å²) in [6.07, 6.45) is 0. The Kier molecular flexibility index (Phi) is 4.15. The van der Waals surface area contributed by atoms with E-state index in [1.807, 2.05) is 13.8 Å². The van der Waals surface area contributed by atoms with Gasteiger partial charge in [-0.3, -0.25) is 20.2 Å². The van der Waals surface area contributed by atoms with Crippen molar-refractivity contribution < 1.29 is 9.85 Å². The lowest BCUT2D eigenvalue weighted by Crippen LogP contribution is -2.47. The Morgan fingerprint density at radius 1 is 0.852 bits per heavy atom. The van der Waals surface area contributed by atoms with E-state index in [1.54, 1.807) is 12.1 Å². The zero-order valence-corrected chi connectivity index (χ0v) is 17.6. The van der Waals surface area contributed by atoms with E-state index in [0.29, 0.717) is 28.7 Å². The standard InChI is InChI=1S/C17H14Br2N4O4/c1-8-3-12(22(24)25)14(18)10-5-21-7-20(16(8)10)6-11-15(19)13(23(26)27)4-9(2)17(11)21/h3-4H,5-7H2,1-2H3. The summed E-state index contributed by atoms with van der Waals surface area (Å²) < 4.78 is 0.981. The highest BCUT2D eigenvalue weighted by atomic mass is 79.9.